The van der Waals surface area contributed by atoms with E-state index in [1.165, 1.54) is 0 Å². The molecule has 2 aromatic carbocycles. The van der Waals surface area contributed by atoms with Gasteiger partial charge in [0.1, 0.15) is 10.8 Å². The first-order chi connectivity index (χ1) is 9.63. The summed E-state index contributed by atoms with van der Waals surface area (Å²) in [6, 6.07) is 11.2. The lowest BCUT2D eigenvalue weighted by atomic mass is 10.2. The predicted octanol–water partition coefficient (Wildman–Crippen LogP) is 5.56. The van der Waals surface area contributed by atoms with Crippen molar-refractivity contribution in [3.05, 3.63) is 52.0 Å². The van der Waals surface area contributed by atoms with E-state index in [9.17, 15) is 5.11 Å². The molecule has 20 heavy (non-hydrogen) atoms. The molecule has 0 fully saturated rings. The van der Waals surface area contributed by atoms with Crippen molar-refractivity contribution in [1.29, 1.82) is 0 Å². The molecule has 0 radical (unpaired) electrons. The van der Waals surface area contributed by atoms with Gasteiger partial charge in [-0.1, -0.05) is 42.3 Å². The van der Waals surface area contributed by atoms with Gasteiger partial charge in [-0.2, -0.15) is 0 Å². The molecule has 0 bridgehead atoms. The average molecular weight is 326 g/mol. The zero-order valence-corrected chi connectivity index (χ0v) is 13.1. The Morgan fingerprint density at radius 2 is 1.95 bits per heavy atom. The minimum Gasteiger partial charge on any atom is -0.506 e. The fourth-order valence-electron chi connectivity index (χ4n) is 1.64. The monoisotopic (exact) mass is 325 g/mol. The summed E-state index contributed by atoms with van der Waals surface area (Å²) in [6.07, 6.45) is 1.59. The molecule has 1 N–H and O–H groups in total. The largest absolute Gasteiger partial charge is 0.506 e. The molecule has 104 valence electrons. The molecule has 0 heterocycles. The molecule has 0 aliphatic rings. The highest BCUT2D eigenvalue weighted by Crippen LogP contribution is 2.34. The number of hydrogen-bond donors (Lipinski definition) is 1. The lowest BCUT2D eigenvalue weighted by molar-refractivity contribution is 0.475. The standard InChI is InChI=1S/C15H13Cl2NOS/c1-2-20-13-6-4-3-5-12(13)18-9-10-7-8-11(16)14(17)15(10)19/h3-9,19H,2H2,1H3. The van der Waals surface area contributed by atoms with E-state index in [0.29, 0.717) is 10.6 Å². The number of aliphatic imine (C=N–C) groups is 1. The minimum absolute atomic E-state index is 0.0523. The molecule has 0 unspecified atom stereocenters. The van der Waals surface area contributed by atoms with Gasteiger partial charge in [0.2, 0.25) is 0 Å². The molecular formula is C15H13Cl2NOS. The number of hydrogen-bond acceptors (Lipinski definition) is 3. The molecule has 2 rings (SSSR count). The Balaban J connectivity index is 2.33. The van der Waals surface area contributed by atoms with Crippen LogP contribution in [0.25, 0.3) is 0 Å². The number of rotatable bonds is 4. The van der Waals surface area contributed by atoms with Crippen LogP contribution in [0.5, 0.6) is 5.75 Å². The van der Waals surface area contributed by atoms with Crippen molar-refractivity contribution in [1.82, 2.24) is 0 Å². The first-order valence-corrected chi connectivity index (χ1v) is 7.80. The number of aromatic hydroxyl groups is 1. The SMILES string of the molecule is CCSc1ccccc1N=Cc1ccc(Cl)c(Cl)c1O. The van der Waals surface area contributed by atoms with Gasteiger partial charge in [0.25, 0.3) is 0 Å². The molecule has 2 aromatic rings. The smallest absolute Gasteiger partial charge is 0.144 e. The quantitative estimate of drug-likeness (QED) is 0.589. The second-order valence-electron chi connectivity index (χ2n) is 3.96. The lowest BCUT2D eigenvalue weighted by Gasteiger charge is -2.05. The summed E-state index contributed by atoms with van der Waals surface area (Å²) in [7, 11) is 0. The van der Waals surface area contributed by atoms with E-state index in [1.807, 2.05) is 24.3 Å². The van der Waals surface area contributed by atoms with Gasteiger partial charge in [-0.3, -0.25) is 4.99 Å². The highest BCUT2D eigenvalue weighted by molar-refractivity contribution is 7.99. The maximum Gasteiger partial charge on any atom is 0.144 e. The number of phenolic OH excluding ortho intramolecular Hbond substituents is 1. The zero-order chi connectivity index (χ0) is 14.5. The number of phenols is 1. The van der Waals surface area contributed by atoms with Crippen LogP contribution >= 0.6 is 35.0 Å². The van der Waals surface area contributed by atoms with Crippen LogP contribution in [0.4, 0.5) is 5.69 Å². The molecule has 0 aliphatic heterocycles. The number of benzene rings is 2. The summed E-state index contributed by atoms with van der Waals surface area (Å²) < 4.78 is 0. The summed E-state index contributed by atoms with van der Waals surface area (Å²) in [5, 5.41) is 10.4. The van der Waals surface area contributed by atoms with Gasteiger partial charge in [0.15, 0.2) is 0 Å². The Kier molecular flexibility index (Phi) is 5.35. The molecular weight excluding hydrogens is 313 g/mol. The van der Waals surface area contributed by atoms with Crippen LogP contribution in [0.15, 0.2) is 46.3 Å². The van der Waals surface area contributed by atoms with Crippen molar-refractivity contribution < 1.29 is 5.11 Å². The Hall–Kier alpha value is -1.16. The van der Waals surface area contributed by atoms with Crippen molar-refractivity contribution in [3.8, 4) is 5.75 Å². The van der Waals surface area contributed by atoms with E-state index in [-0.39, 0.29) is 10.8 Å². The maximum absolute atomic E-state index is 9.92. The summed E-state index contributed by atoms with van der Waals surface area (Å²) in [6.45, 7) is 2.09. The minimum atomic E-state index is -0.0523. The second-order valence-corrected chi connectivity index (χ2v) is 6.05. The van der Waals surface area contributed by atoms with Crippen LogP contribution in [0, 0.1) is 0 Å². The third kappa shape index (κ3) is 3.48. The average Bonchev–Trinajstić information content (AvgIpc) is 2.46. The van der Waals surface area contributed by atoms with Crippen molar-refractivity contribution in [2.24, 2.45) is 4.99 Å². The third-order valence-corrected chi connectivity index (χ3v) is 4.35. The van der Waals surface area contributed by atoms with Gasteiger partial charge < -0.3 is 5.11 Å². The van der Waals surface area contributed by atoms with Crippen LogP contribution in [-0.4, -0.2) is 17.1 Å². The molecule has 0 atom stereocenters. The van der Waals surface area contributed by atoms with Gasteiger partial charge in [-0.15, -0.1) is 11.8 Å². The van der Waals surface area contributed by atoms with Gasteiger partial charge in [0.05, 0.1) is 10.7 Å². The molecule has 0 amide bonds. The molecule has 0 saturated heterocycles. The van der Waals surface area contributed by atoms with Crippen LogP contribution < -0.4 is 0 Å². The van der Waals surface area contributed by atoms with Crippen molar-refractivity contribution in [3.63, 3.8) is 0 Å². The Morgan fingerprint density at radius 3 is 2.70 bits per heavy atom. The second kappa shape index (κ2) is 7.02. The topological polar surface area (TPSA) is 32.6 Å². The predicted molar refractivity (Wildman–Crippen MR) is 88.2 cm³/mol. The maximum atomic E-state index is 9.92. The normalized spacial score (nSPS) is 11.2. The fraction of sp³-hybridized carbons (Fsp3) is 0.133. The van der Waals surface area contributed by atoms with Crippen molar-refractivity contribution in [2.75, 3.05) is 5.75 Å². The van der Waals surface area contributed by atoms with E-state index in [1.54, 1.807) is 30.1 Å². The van der Waals surface area contributed by atoms with Gasteiger partial charge in [-0.25, -0.2) is 0 Å². The lowest BCUT2D eigenvalue weighted by Crippen LogP contribution is -1.84. The molecule has 5 heteroatoms. The highest BCUT2D eigenvalue weighted by Gasteiger charge is 2.08. The number of nitrogens with zero attached hydrogens (tertiary/aromatic N) is 1. The summed E-state index contributed by atoms with van der Waals surface area (Å²) in [5.41, 5.74) is 1.40. The van der Waals surface area contributed by atoms with E-state index < -0.39 is 0 Å². The first kappa shape index (κ1) is 15.2. The van der Waals surface area contributed by atoms with Crippen LogP contribution in [0.2, 0.25) is 10.0 Å². The molecule has 0 spiro atoms. The molecule has 0 saturated carbocycles. The van der Waals surface area contributed by atoms with Crippen LogP contribution in [0.1, 0.15) is 12.5 Å². The Bertz CT molecular complexity index is 644. The fourth-order valence-corrected chi connectivity index (χ4v) is 2.72. The van der Waals surface area contributed by atoms with E-state index >= 15 is 0 Å². The van der Waals surface area contributed by atoms with Crippen LogP contribution in [-0.2, 0) is 0 Å². The number of halogens is 2. The summed E-state index contributed by atoms with van der Waals surface area (Å²) >= 11 is 13.5. The van der Waals surface area contributed by atoms with Crippen molar-refractivity contribution in [2.45, 2.75) is 11.8 Å². The van der Waals surface area contributed by atoms with Crippen LogP contribution in [0.3, 0.4) is 0 Å². The third-order valence-electron chi connectivity index (χ3n) is 2.61. The van der Waals surface area contributed by atoms with E-state index in [2.05, 4.69) is 11.9 Å². The molecule has 2 nitrogen and oxygen atoms in total. The summed E-state index contributed by atoms with van der Waals surface area (Å²) in [4.78, 5) is 5.52. The zero-order valence-electron chi connectivity index (χ0n) is 10.8. The van der Waals surface area contributed by atoms with Gasteiger partial charge >= 0.3 is 0 Å². The molecule has 0 aromatic heterocycles. The van der Waals surface area contributed by atoms with Crippen molar-refractivity contribution >= 4 is 46.9 Å². The number of thioether (sulfide) groups is 1. The first-order valence-electron chi connectivity index (χ1n) is 6.06. The van der Waals surface area contributed by atoms with E-state index in [0.717, 1.165) is 16.3 Å². The number of para-hydroxylation sites is 1. The molecule has 0 aliphatic carbocycles. The van der Waals surface area contributed by atoms with Gasteiger partial charge in [-0.05, 0) is 30.0 Å². The van der Waals surface area contributed by atoms with Gasteiger partial charge in [0, 0.05) is 16.7 Å². The summed E-state index contributed by atoms with van der Waals surface area (Å²) in [5.74, 6) is 0.924. The Labute approximate surface area is 132 Å². The highest BCUT2D eigenvalue weighted by atomic mass is 35.5. The van der Waals surface area contributed by atoms with E-state index in [4.69, 9.17) is 23.2 Å². The Morgan fingerprint density at radius 1 is 1.20 bits per heavy atom.